The maximum Gasteiger partial charge on any atom is 0.320 e. The molecule has 2 aromatic heterocycles. The molecule has 0 radical (unpaired) electrons. The average Bonchev–Trinajstić information content (AvgIpc) is 2.55. The molecule has 6 nitrogen and oxygen atoms in total. The van der Waals surface area contributed by atoms with E-state index in [4.69, 9.17) is 4.74 Å². The first-order chi connectivity index (χ1) is 10.8. The summed E-state index contributed by atoms with van der Waals surface area (Å²) in [6.45, 7) is 0.385. The van der Waals surface area contributed by atoms with E-state index >= 15 is 0 Å². The number of carbonyl (C=O) groups is 1. The second-order valence-corrected chi connectivity index (χ2v) is 4.90. The maximum absolute atomic E-state index is 11.3. The van der Waals surface area contributed by atoms with Gasteiger partial charge in [-0.15, -0.1) is 0 Å². The number of urea groups is 1. The van der Waals surface area contributed by atoms with E-state index in [0.717, 1.165) is 16.5 Å². The Bertz CT molecular complexity index is 879. The van der Waals surface area contributed by atoms with Gasteiger partial charge in [0.25, 0.3) is 0 Å². The smallest absolute Gasteiger partial charge is 0.320 e. The topological polar surface area (TPSA) is 76.1 Å². The van der Waals surface area contributed by atoms with Crippen LogP contribution in [0, 0.1) is 0 Å². The zero-order chi connectivity index (χ0) is 14.9. The quantitative estimate of drug-likeness (QED) is 0.761. The Morgan fingerprint density at radius 2 is 2.05 bits per heavy atom. The number of fused-ring (bicyclic) bond motifs is 2. The summed E-state index contributed by atoms with van der Waals surface area (Å²) in [5.41, 5.74) is 1.69. The SMILES string of the molecule is O=C1NCc2c(Oc3ccc4cccnc4c3)ccnc2N1. The summed E-state index contributed by atoms with van der Waals surface area (Å²) in [5, 5.41) is 6.43. The third kappa shape index (κ3) is 2.20. The number of rotatable bonds is 2. The van der Waals surface area contributed by atoms with Crippen LogP contribution in [0.5, 0.6) is 11.5 Å². The highest BCUT2D eigenvalue weighted by Crippen LogP contribution is 2.31. The van der Waals surface area contributed by atoms with Crippen LogP contribution in [0.15, 0.2) is 48.8 Å². The van der Waals surface area contributed by atoms with Crippen molar-refractivity contribution in [3.05, 3.63) is 54.4 Å². The molecule has 4 rings (SSSR count). The van der Waals surface area contributed by atoms with Gasteiger partial charge in [-0.3, -0.25) is 10.3 Å². The highest BCUT2D eigenvalue weighted by atomic mass is 16.5. The largest absolute Gasteiger partial charge is 0.457 e. The molecule has 6 heteroatoms. The molecule has 3 heterocycles. The second-order valence-electron chi connectivity index (χ2n) is 4.90. The molecule has 0 saturated carbocycles. The number of nitrogens with zero attached hydrogens (tertiary/aromatic N) is 2. The number of hydrogen-bond acceptors (Lipinski definition) is 4. The Kier molecular flexibility index (Phi) is 2.86. The minimum Gasteiger partial charge on any atom is -0.457 e. The maximum atomic E-state index is 11.3. The van der Waals surface area contributed by atoms with Crippen LogP contribution in [0.3, 0.4) is 0 Å². The van der Waals surface area contributed by atoms with Crippen LogP contribution < -0.4 is 15.4 Å². The molecule has 0 aliphatic carbocycles. The summed E-state index contributed by atoms with van der Waals surface area (Å²) in [5.74, 6) is 1.88. The molecule has 22 heavy (non-hydrogen) atoms. The van der Waals surface area contributed by atoms with Crippen LogP contribution in [-0.2, 0) is 6.54 Å². The Balaban J connectivity index is 1.70. The van der Waals surface area contributed by atoms with Gasteiger partial charge in [-0.1, -0.05) is 6.07 Å². The first-order valence-electron chi connectivity index (χ1n) is 6.85. The standard InChI is InChI=1S/C16H12N4O2/c21-16-19-9-12-14(5-7-18-15(12)20-16)22-11-4-3-10-2-1-6-17-13(10)8-11/h1-8H,9H2,(H2,18,19,20,21). The lowest BCUT2D eigenvalue weighted by Crippen LogP contribution is -2.34. The molecular weight excluding hydrogens is 280 g/mol. The van der Waals surface area contributed by atoms with E-state index < -0.39 is 0 Å². The molecule has 1 aliphatic rings. The minimum atomic E-state index is -0.257. The fraction of sp³-hybridized carbons (Fsp3) is 0.0625. The van der Waals surface area contributed by atoms with Crippen LogP contribution in [0.2, 0.25) is 0 Å². The molecule has 0 saturated heterocycles. The van der Waals surface area contributed by atoms with E-state index in [1.165, 1.54) is 0 Å². The Labute approximate surface area is 126 Å². The van der Waals surface area contributed by atoms with Gasteiger partial charge in [-0.2, -0.15) is 0 Å². The normalized spacial score (nSPS) is 13.2. The molecular formula is C16H12N4O2. The number of ether oxygens (including phenoxy) is 1. The minimum absolute atomic E-state index is 0.257. The molecule has 0 unspecified atom stereocenters. The van der Waals surface area contributed by atoms with E-state index in [2.05, 4.69) is 20.6 Å². The molecule has 0 fully saturated rings. The summed E-state index contributed by atoms with van der Waals surface area (Å²) in [4.78, 5) is 19.8. The van der Waals surface area contributed by atoms with Gasteiger partial charge in [-0.05, 0) is 24.3 Å². The lowest BCUT2D eigenvalue weighted by atomic mass is 10.2. The summed E-state index contributed by atoms with van der Waals surface area (Å²) in [7, 11) is 0. The predicted molar refractivity (Wildman–Crippen MR) is 81.9 cm³/mol. The third-order valence-electron chi connectivity index (χ3n) is 3.48. The van der Waals surface area contributed by atoms with Crippen molar-refractivity contribution in [2.75, 3.05) is 5.32 Å². The Morgan fingerprint density at radius 3 is 3.00 bits per heavy atom. The van der Waals surface area contributed by atoms with Gasteiger partial charge in [0.1, 0.15) is 17.3 Å². The second kappa shape index (κ2) is 5.00. The van der Waals surface area contributed by atoms with Gasteiger partial charge >= 0.3 is 6.03 Å². The van der Waals surface area contributed by atoms with Crippen LogP contribution in [-0.4, -0.2) is 16.0 Å². The molecule has 0 bridgehead atoms. The van der Waals surface area contributed by atoms with Crippen LogP contribution in [0.25, 0.3) is 10.9 Å². The fourth-order valence-electron chi connectivity index (χ4n) is 2.41. The number of pyridine rings is 2. The number of nitrogens with one attached hydrogen (secondary N) is 2. The summed E-state index contributed by atoms with van der Waals surface area (Å²) in [6.07, 6.45) is 3.36. The molecule has 2 amide bonds. The van der Waals surface area contributed by atoms with Crippen molar-refractivity contribution in [1.29, 1.82) is 0 Å². The number of hydrogen-bond donors (Lipinski definition) is 2. The van der Waals surface area contributed by atoms with Crippen LogP contribution >= 0.6 is 0 Å². The molecule has 0 atom stereocenters. The molecule has 0 spiro atoms. The predicted octanol–water partition coefficient (Wildman–Crippen LogP) is 3.06. The van der Waals surface area contributed by atoms with Gasteiger partial charge in [-0.25, -0.2) is 9.78 Å². The van der Waals surface area contributed by atoms with Crippen LogP contribution in [0.1, 0.15) is 5.56 Å². The van der Waals surface area contributed by atoms with Gasteiger partial charge in [0, 0.05) is 23.8 Å². The average molecular weight is 292 g/mol. The van der Waals surface area contributed by atoms with E-state index in [9.17, 15) is 4.79 Å². The molecule has 108 valence electrons. The fourth-order valence-corrected chi connectivity index (χ4v) is 2.41. The highest BCUT2D eigenvalue weighted by Gasteiger charge is 2.19. The summed E-state index contributed by atoms with van der Waals surface area (Å²) >= 11 is 0. The number of anilines is 1. The summed E-state index contributed by atoms with van der Waals surface area (Å²) in [6, 6.07) is 11.2. The van der Waals surface area contributed by atoms with Gasteiger partial charge in [0.2, 0.25) is 0 Å². The number of carbonyl (C=O) groups excluding carboxylic acids is 1. The number of aromatic nitrogens is 2. The van der Waals surface area contributed by atoms with Crippen molar-refractivity contribution < 1.29 is 9.53 Å². The highest BCUT2D eigenvalue weighted by molar-refractivity contribution is 5.91. The van der Waals surface area contributed by atoms with Crippen LogP contribution in [0.4, 0.5) is 10.6 Å². The van der Waals surface area contributed by atoms with Gasteiger partial charge in [0.05, 0.1) is 17.6 Å². The number of amides is 2. The van der Waals surface area contributed by atoms with Crippen molar-refractivity contribution in [3.63, 3.8) is 0 Å². The molecule has 1 aliphatic heterocycles. The van der Waals surface area contributed by atoms with Crippen molar-refractivity contribution in [2.45, 2.75) is 6.54 Å². The zero-order valence-electron chi connectivity index (χ0n) is 11.5. The number of benzene rings is 1. The molecule has 3 aromatic rings. The lowest BCUT2D eigenvalue weighted by molar-refractivity contribution is 0.250. The van der Waals surface area contributed by atoms with E-state index in [-0.39, 0.29) is 6.03 Å². The Morgan fingerprint density at radius 1 is 1.09 bits per heavy atom. The van der Waals surface area contributed by atoms with E-state index in [0.29, 0.717) is 23.9 Å². The van der Waals surface area contributed by atoms with Crippen molar-refractivity contribution >= 4 is 22.8 Å². The van der Waals surface area contributed by atoms with Crippen molar-refractivity contribution in [1.82, 2.24) is 15.3 Å². The molecule has 1 aromatic carbocycles. The first kappa shape index (κ1) is 12.6. The zero-order valence-corrected chi connectivity index (χ0v) is 11.5. The monoisotopic (exact) mass is 292 g/mol. The van der Waals surface area contributed by atoms with E-state index in [1.807, 2.05) is 30.3 Å². The van der Waals surface area contributed by atoms with Gasteiger partial charge in [0.15, 0.2) is 0 Å². The van der Waals surface area contributed by atoms with E-state index in [1.54, 1.807) is 18.5 Å². The molecule has 2 N–H and O–H groups in total. The summed E-state index contributed by atoms with van der Waals surface area (Å²) < 4.78 is 5.95. The van der Waals surface area contributed by atoms with Crippen molar-refractivity contribution in [2.24, 2.45) is 0 Å². The van der Waals surface area contributed by atoms with Crippen molar-refractivity contribution in [3.8, 4) is 11.5 Å². The first-order valence-corrected chi connectivity index (χ1v) is 6.85. The third-order valence-corrected chi connectivity index (χ3v) is 3.48. The lowest BCUT2D eigenvalue weighted by Gasteiger charge is -2.19. The Hall–Kier alpha value is -3.15. The van der Waals surface area contributed by atoms with Gasteiger partial charge < -0.3 is 10.1 Å².